The molecule has 0 aromatic heterocycles. The first-order chi connectivity index (χ1) is 11.3. The van der Waals surface area contributed by atoms with Crippen molar-refractivity contribution in [2.45, 2.75) is 63.8 Å². The lowest BCUT2D eigenvalue weighted by Gasteiger charge is -2.22. The summed E-state index contributed by atoms with van der Waals surface area (Å²) in [4.78, 5) is 18.8. The summed E-state index contributed by atoms with van der Waals surface area (Å²) in [5, 5.41) is 6.54. The molecule has 2 saturated carbocycles. The van der Waals surface area contributed by atoms with Gasteiger partial charge in [0.2, 0.25) is 5.91 Å². The van der Waals surface area contributed by atoms with E-state index in [1.807, 2.05) is 7.05 Å². The third-order valence-electron chi connectivity index (χ3n) is 5.84. The Morgan fingerprint density at radius 3 is 2.26 bits per heavy atom. The molecule has 1 saturated heterocycles. The van der Waals surface area contributed by atoms with Crippen LogP contribution >= 0.6 is 0 Å². The summed E-state index contributed by atoms with van der Waals surface area (Å²) in [6.45, 7) is 2.95. The van der Waals surface area contributed by atoms with Crippen molar-refractivity contribution in [3.05, 3.63) is 0 Å². The maximum atomic E-state index is 12.0. The third-order valence-corrected chi connectivity index (χ3v) is 5.84. The summed E-state index contributed by atoms with van der Waals surface area (Å²) in [6, 6.07) is 0.420. The number of aliphatic imine (C=N–C) groups is 1. The Morgan fingerprint density at radius 1 is 1.04 bits per heavy atom. The van der Waals surface area contributed by atoms with Crippen molar-refractivity contribution in [1.29, 1.82) is 0 Å². The minimum atomic E-state index is 0.176. The van der Waals surface area contributed by atoms with Gasteiger partial charge in [-0.25, -0.2) is 0 Å². The van der Waals surface area contributed by atoms with Gasteiger partial charge < -0.3 is 15.5 Å². The molecule has 5 heteroatoms. The van der Waals surface area contributed by atoms with E-state index in [0.717, 1.165) is 43.7 Å². The maximum absolute atomic E-state index is 12.0. The molecule has 23 heavy (non-hydrogen) atoms. The number of hydrogen-bond donors (Lipinski definition) is 2. The monoisotopic (exact) mass is 320 g/mol. The molecule has 3 fully saturated rings. The van der Waals surface area contributed by atoms with E-state index in [-0.39, 0.29) is 5.91 Å². The lowest BCUT2D eigenvalue weighted by atomic mass is 9.82. The van der Waals surface area contributed by atoms with Crippen LogP contribution in [0, 0.1) is 11.8 Å². The standard InChI is InChI=1S/C18H32N4O/c1-19-18(22-12-14-6-2-3-7-15(14)13-22)20-11-10-17(23)21-16-8-4-5-9-16/h14-16H,2-13H2,1H3,(H,19,20)(H,21,23). The molecule has 1 aliphatic heterocycles. The predicted molar refractivity (Wildman–Crippen MR) is 93.4 cm³/mol. The SMILES string of the molecule is CN=C(NCCC(=O)NC1CCCC1)N1CC2CCCCC2C1. The van der Waals surface area contributed by atoms with E-state index < -0.39 is 0 Å². The molecule has 0 bridgehead atoms. The molecule has 0 radical (unpaired) electrons. The number of nitrogens with one attached hydrogen (secondary N) is 2. The van der Waals surface area contributed by atoms with Gasteiger partial charge in [-0.3, -0.25) is 9.79 Å². The van der Waals surface area contributed by atoms with Crippen LogP contribution in [0.2, 0.25) is 0 Å². The van der Waals surface area contributed by atoms with Gasteiger partial charge in [0, 0.05) is 39.1 Å². The van der Waals surface area contributed by atoms with Crippen molar-refractivity contribution >= 4 is 11.9 Å². The second-order valence-electron chi connectivity index (χ2n) is 7.48. The molecule has 2 aliphatic carbocycles. The molecule has 2 N–H and O–H groups in total. The predicted octanol–water partition coefficient (Wildman–Crippen LogP) is 2.13. The largest absolute Gasteiger partial charge is 0.356 e. The van der Waals surface area contributed by atoms with Gasteiger partial charge in [0.25, 0.3) is 0 Å². The summed E-state index contributed by atoms with van der Waals surface area (Å²) in [7, 11) is 1.85. The van der Waals surface area contributed by atoms with E-state index in [1.165, 1.54) is 38.5 Å². The Labute approximate surface area is 140 Å². The molecular formula is C18H32N4O. The highest BCUT2D eigenvalue weighted by molar-refractivity contribution is 5.81. The molecular weight excluding hydrogens is 288 g/mol. The van der Waals surface area contributed by atoms with Crippen LogP contribution in [0.4, 0.5) is 0 Å². The molecule has 5 nitrogen and oxygen atoms in total. The van der Waals surface area contributed by atoms with Gasteiger partial charge in [0.1, 0.15) is 0 Å². The molecule has 2 unspecified atom stereocenters. The normalized spacial score (nSPS) is 28.7. The fourth-order valence-electron chi connectivity index (χ4n) is 4.57. The molecule has 3 aliphatic rings. The smallest absolute Gasteiger partial charge is 0.221 e. The van der Waals surface area contributed by atoms with Crippen LogP contribution in [0.1, 0.15) is 57.8 Å². The van der Waals surface area contributed by atoms with Crippen molar-refractivity contribution in [3.8, 4) is 0 Å². The summed E-state index contributed by atoms with van der Waals surface area (Å²) in [6.07, 6.45) is 10.9. The summed E-state index contributed by atoms with van der Waals surface area (Å²) < 4.78 is 0. The van der Waals surface area contributed by atoms with Crippen LogP contribution in [-0.4, -0.2) is 49.5 Å². The van der Waals surface area contributed by atoms with E-state index in [1.54, 1.807) is 0 Å². The highest BCUT2D eigenvalue weighted by Crippen LogP contribution is 2.35. The maximum Gasteiger partial charge on any atom is 0.221 e. The summed E-state index contributed by atoms with van der Waals surface area (Å²) in [5.41, 5.74) is 0. The van der Waals surface area contributed by atoms with E-state index in [9.17, 15) is 4.79 Å². The Kier molecular flexibility index (Phi) is 5.79. The number of likely N-dealkylation sites (tertiary alicyclic amines) is 1. The number of guanidine groups is 1. The Bertz CT molecular complexity index is 417. The van der Waals surface area contributed by atoms with Crippen LogP contribution in [0.15, 0.2) is 4.99 Å². The zero-order valence-corrected chi connectivity index (χ0v) is 14.5. The zero-order chi connectivity index (χ0) is 16.1. The topological polar surface area (TPSA) is 56.7 Å². The highest BCUT2D eigenvalue weighted by atomic mass is 16.1. The first-order valence-corrected chi connectivity index (χ1v) is 9.51. The Hall–Kier alpha value is -1.26. The number of amides is 1. The summed E-state index contributed by atoms with van der Waals surface area (Å²) >= 11 is 0. The number of rotatable bonds is 4. The van der Waals surface area contributed by atoms with Crippen molar-refractivity contribution in [3.63, 3.8) is 0 Å². The molecule has 3 rings (SSSR count). The van der Waals surface area contributed by atoms with Crippen LogP contribution < -0.4 is 10.6 Å². The second-order valence-corrected chi connectivity index (χ2v) is 7.48. The van der Waals surface area contributed by atoms with Crippen LogP contribution in [0.3, 0.4) is 0 Å². The van der Waals surface area contributed by atoms with Crippen LogP contribution in [0.5, 0.6) is 0 Å². The Morgan fingerprint density at radius 2 is 1.65 bits per heavy atom. The highest BCUT2D eigenvalue weighted by Gasteiger charge is 2.35. The molecule has 0 spiro atoms. The van der Waals surface area contributed by atoms with E-state index in [0.29, 0.717) is 19.0 Å². The second kappa shape index (κ2) is 8.02. The van der Waals surface area contributed by atoms with Gasteiger partial charge in [0.15, 0.2) is 5.96 Å². The fourth-order valence-corrected chi connectivity index (χ4v) is 4.57. The quantitative estimate of drug-likeness (QED) is 0.616. The zero-order valence-electron chi connectivity index (χ0n) is 14.5. The first-order valence-electron chi connectivity index (χ1n) is 9.51. The number of hydrogen-bond acceptors (Lipinski definition) is 2. The molecule has 0 aromatic rings. The lowest BCUT2D eigenvalue weighted by Crippen LogP contribution is -2.42. The lowest BCUT2D eigenvalue weighted by molar-refractivity contribution is -0.121. The molecule has 2 atom stereocenters. The third kappa shape index (κ3) is 4.39. The van der Waals surface area contributed by atoms with Crippen LogP contribution in [-0.2, 0) is 4.79 Å². The number of carbonyl (C=O) groups excluding carboxylic acids is 1. The van der Waals surface area contributed by atoms with Crippen molar-refractivity contribution < 1.29 is 4.79 Å². The average Bonchev–Trinajstić information content (AvgIpc) is 3.20. The number of nitrogens with zero attached hydrogens (tertiary/aromatic N) is 2. The van der Waals surface area contributed by atoms with Crippen molar-refractivity contribution in [1.82, 2.24) is 15.5 Å². The average molecular weight is 320 g/mol. The van der Waals surface area contributed by atoms with E-state index in [2.05, 4.69) is 20.5 Å². The van der Waals surface area contributed by atoms with Gasteiger partial charge in [0.05, 0.1) is 0 Å². The van der Waals surface area contributed by atoms with Gasteiger partial charge in [-0.05, 0) is 37.5 Å². The van der Waals surface area contributed by atoms with Gasteiger partial charge in [-0.2, -0.15) is 0 Å². The molecule has 0 aromatic carbocycles. The Balaban J connectivity index is 1.38. The minimum absolute atomic E-state index is 0.176. The van der Waals surface area contributed by atoms with Gasteiger partial charge in [-0.1, -0.05) is 25.7 Å². The number of carbonyl (C=O) groups is 1. The fraction of sp³-hybridized carbons (Fsp3) is 0.889. The number of fused-ring (bicyclic) bond motifs is 1. The molecule has 1 heterocycles. The van der Waals surface area contributed by atoms with Gasteiger partial charge >= 0.3 is 0 Å². The molecule has 130 valence electrons. The minimum Gasteiger partial charge on any atom is -0.356 e. The van der Waals surface area contributed by atoms with Gasteiger partial charge in [-0.15, -0.1) is 0 Å². The van der Waals surface area contributed by atoms with Crippen molar-refractivity contribution in [2.75, 3.05) is 26.7 Å². The first kappa shape index (κ1) is 16.6. The molecule has 1 amide bonds. The van der Waals surface area contributed by atoms with E-state index in [4.69, 9.17) is 0 Å². The van der Waals surface area contributed by atoms with Crippen LogP contribution in [0.25, 0.3) is 0 Å². The summed E-state index contributed by atoms with van der Waals surface area (Å²) in [5.74, 6) is 2.86. The van der Waals surface area contributed by atoms with E-state index >= 15 is 0 Å². The van der Waals surface area contributed by atoms with Crippen molar-refractivity contribution in [2.24, 2.45) is 16.8 Å².